The van der Waals surface area contributed by atoms with Crippen LogP contribution in [0.25, 0.3) is 0 Å². The van der Waals surface area contributed by atoms with E-state index >= 15 is 0 Å². The Kier molecular flexibility index (Phi) is 10.4. The van der Waals surface area contributed by atoms with Gasteiger partial charge in [0.1, 0.15) is 17.2 Å². The molecule has 1 saturated heterocycles. The molecule has 0 spiro atoms. The molecule has 236 valence electrons. The van der Waals surface area contributed by atoms with Gasteiger partial charge in [0.2, 0.25) is 0 Å². The number of carbonyl (C=O) groups excluding carboxylic acids is 3. The first-order chi connectivity index (χ1) is 21.9. The van der Waals surface area contributed by atoms with Crippen LogP contribution in [0.15, 0.2) is 90.1 Å². The fourth-order valence-corrected chi connectivity index (χ4v) is 5.77. The number of urea groups is 1. The summed E-state index contributed by atoms with van der Waals surface area (Å²) in [5, 5.41) is 3.03. The highest BCUT2D eigenvalue weighted by Crippen LogP contribution is 2.34. The van der Waals surface area contributed by atoms with E-state index in [1.807, 2.05) is 78.6 Å². The van der Waals surface area contributed by atoms with Gasteiger partial charge < -0.3 is 24.4 Å². The van der Waals surface area contributed by atoms with E-state index in [1.54, 1.807) is 31.1 Å². The van der Waals surface area contributed by atoms with Crippen molar-refractivity contribution in [3.05, 3.63) is 101 Å². The quantitative estimate of drug-likeness (QED) is 0.313. The first kappa shape index (κ1) is 31.6. The topological polar surface area (TPSA) is 101 Å². The molecule has 0 bridgehead atoms. The highest BCUT2D eigenvalue weighted by atomic mass is 16.5. The van der Waals surface area contributed by atoms with Gasteiger partial charge in [0.05, 0.1) is 25.3 Å². The zero-order valence-electron chi connectivity index (χ0n) is 26.0. The van der Waals surface area contributed by atoms with E-state index in [9.17, 15) is 14.4 Å². The molecule has 3 aromatic rings. The summed E-state index contributed by atoms with van der Waals surface area (Å²) < 4.78 is 16.9. The summed E-state index contributed by atoms with van der Waals surface area (Å²) in [6.07, 6.45) is 0.748. The third-order valence-corrected chi connectivity index (χ3v) is 7.99. The number of nitrogens with zero attached hydrogens (tertiary/aromatic N) is 3. The van der Waals surface area contributed by atoms with E-state index in [4.69, 9.17) is 14.2 Å². The van der Waals surface area contributed by atoms with Crippen LogP contribution in [0.1, 0.15) is 42.2 Å². The lowest BCUT2D eigenvalue weighted by molar-refractivity contribution is -0.139. The number of para-hydroxylation sites is 1. The van der Waals surface area contributed by atoms with Crippen LogP contribution in [0.5, 0.6) is 17.2 Å². The average Bonchev–Trinajstić information content (AvgIpc) is 3.30. The van der Waals surface area contributed by atoms with Crippen molar-refractivity contribution >= 4 is 17.9 Å². The van der Waals surface area contributed by atoms with Crippen LogP contribution in [-0.2, 0) is 9.53 Å². The van der Waals surface area contributed by atoms with Crippen molar-refractivity contribution < 1.29 is 28.6 Å². The van der Waals surface area contributed by atoms with Crippen molar-refractivity contribution in [2.75, 3.05) is 53.0 Å². The maximum absolute atomic E-state index is 13.6. The van der Waals surface area contributed by atoms with E-state index in [1.165, 1.54) is 0 Å². The minimum atomic E-state index is -0.730. The molecule has 0 aliphatic carbocycles. The number of rotatable bonds is 10. The predicted octanol–water partition coefficient (Wildman–Crippen LogP) is 5.24. The number of methoxy groups -OCH3 is 1. The number of ether oxygens (including phenoxy) is 3. The molecule has 5 rings (SSSR count). The second-order valence-corrected chi connectivity index (χ2v) is 10.8. The number of hydrogen-bond donors (Lipinski definition) is 1. The second kappa shape index (κ2) is 14.8. The Morgan fingerprint density at radius 2 is 1.62 bits per heavy atom. The van der Waals surface area contributed by atoms with Crippen molar-refractivity contribution in [2.24, 2.45) is 0 Å². The molecule has 10 heteroatoms. The summed E-state index contributed by atoms with van der Waals surface area (Å²) >= 11 is 0. The summed E-state index contributed by atoms with van der Waals surface area (Å²) in [7, 11) is 1.58. The summed E-state index contributed by atoms with van der Waals surface area (Å²) in [6, 6.07) is 23.0. The van der Waals surface area contributed by atoms with Crippen molar-refractivity contribution in [3.63, 3.8) is 0 Å². The Labute approximate surface area is 264 Å². The van der Waals surface area contributed by atoms with Gasteiger partial charge in [-0.15, -0.1) is 0 Å². The van der Waals surface area contributed by atoms with E-state index in [0.717, 1.165) is 6.42 Å². The van der Waals surface area contributed by atoms with Gasteiger partial charge in [0.15, 0.2) is 0 Å². The molecular weight excluding hydrogens is 572 g/mol. The van der Waals surface area contributed by atoms with Gasteiger partial charge in [0, 0.05) is 50.5 Å². The number of nitrogens with one attached hydrogen (secondary N) is 1. The number of benzene rings is 3. The molecule has 2 aliphatic rings. The Morgan fingerprint density at radius 3 is 2.38 bits per heavy atom. The molecule has 1 atom stereocenters. The van der Waals surface area contributed by atoms with Crippen LogP contribution < -0.4 is 14.8 Å². The molecule has 1 fully saturated rings. The van der Waals surface area contributed by atoms with Crippen LogP contribution in [0.2, 0.25) is 0 Å². The normalized spacial score (nSPS) is 17.4. The monoisotopic (exact) mass is 612 g/mol. The number of likely N-dealkylation sites (N-methyl/N-ethyl adjacent to an activating group) is 1. The fraction of sp³-hybridized carbons (Fsp3) is 0.343. The molecule has 2 aliphatic heterocycles. The molecule has 0 unspecified atom stereocenters. The molecule has 2 heterocycles. The van der Waals surface area contributed by atoms with Crippen molar-refractivity contribution in [1.82, 2.24) is 20.0 Å². The molecule has 0 aromatic heterocycles. The first-order valence-electron chi connectivity index (χ1n) is 15.4. The van der Waals surface area contributed by atoms with E-state index < -0.39 is 12.0 Å². The minimum absolute atomic E-state index is 0.0490. The van der Waals surface area contributed by atoms with Crippen molar-refractivity contribution in [3.8, 4) is 17.2 Å². The van der Waals surface area contributed by atoms with E-state index in [-0.39, 0.29) is 18.5 Å². The highest BCUT2D eigenvalue weighted by Gasteiger charge is 2.38. The lowest BCUT2D eigenvalue weighted by atomic mass is 9.94. The average molecular weight is 613 g/mol. The maximum Gasteiger partial charge on any atom is 0.338 e. The Bertz CT molecular complexity index is 1540. The lowest BCUT2D eigenvalue weighted by Crippen LogP contribution is -2.51. The van der Waals surface area contributed by atoms with Crippen LogP contribution in [0.3, 0.4) is 0 Å². The Morgan fingerprint density at radius 1 is 0.867 bits per heavy atom. The zero-order valence-corrected chi connectivity index (χ0v) is 26.0. The van der Waals surface area contributed by atoms with Gasteiger partial charge in [-0.3, -0.25) is 14.6 Å². The number of hydrogen-bond acceptors (Lipinski definition) is 7. The standard InChI is InChI=1S/C35H40N4O6/c1-4-39-30(24-37-18-11-19-38(21-20-37)33(40)26-13-10-16-28(23-26)43-3)31(34(41)44-5-2)32(36-35(39)42)25-12-9-17-29(22-25)45-27-14-7-6-8-15-27/h6-10,12-17,22-23,32H,4-5,11,18-21,24H2,1-3H3,(H,36,42)/t32-/m1/s1. The van der Waals surface area contributed by atoms with E-state index in [0.29, 0.717) is 78.9 Å². The van der Waals surface area contributed by atoms with Crippen LogP contribution in [0.4, 0.5) is 4.79 Å². The largest absolute Gasteiger partial charge is 0.497 e. The first-order valence-corrected chi connectivity index (χ1v) is 15.4. The maximum atomic E-state index is 13.6. The van der Waals surface area contributed by atoms with Gasteiger partial charge in [-0.25, -0.2) is 9.59 Å². The fourth-order valence-electron chi connectivity index (χ4n) is 5.77. The third-order valence-electron chi connectivity index (χ3n) is 7.99. The number of carbonyl (C=O) groups is 3. The zero-order chi connectivity index (χ0) is 31.8. The molecule has 10 nitrogen and oxygen atoms in total. The van der Waals surface area contributed by atoms with Gasteiger partial charge in [0.25, 0.3) is 5.91 Å². The molecule has 0 radical (unpaired) electrons. The molecular formula is C35H40N4O6. The van der Waals surface area contributed by atoms with Crippen LogP contribution in [0, 0.1) is 0 Å². The Balaban J connectivity index is 1.42. The molecule has 45 heavy (non-hydrogen) atoms. The smallest absolute Gasteiger partial charge is 0.338 e. The predicted molar refractivity (Wildman–Crippen MR) is 170 cm³/mol. The summed E-state index contributed by atoms with van der Waals surface area (Å²) in [6.45, 7) is 6.98. The summed E-state index contributed by atoms with van der Waals surface area (Å²) in [5.74, 6) is 1.38. The van der Waals surface area contributed by atoms with Gasteiger partial charge >= 0.3 is 12.0 Å². The summed E-state index contributed by atoms with van der Waals surface area (Å²) in [4.78, 5) is 46.1. The van der Waals surface area contributed by atoms with Crippen molar-refractivity contribution in [2.45, 2.75) is 26.3 Å². The van der Waals surface area contributed by atoms with Crippen LogP contribution >= 0.6 is 0 Å². The number of amides is 3. The van der Waals surface area contributed by atoms with E-state index in [2.05, 4.69) is 10.2 Å². The highest BCUT2D eigenvalue weighted by molar-refractivity contribution is 5.95. The SMILES string of the molecule is CCOC(=O)C1=C(CN2CCCN(C(=O)c3cccc(OC)c3)CC2)N(CC)C(=O)N[C@@H]1c1cccc(Oc2ccccc2)c1. The number of esters is 1. The van der Waals surface area contributed by atoms with Crippen molar-refractivity contribution in [1.29, 1.82) is 0 Å². The Hall–Kier alpha value is -4.83. The summed E-state index contributed by atoms with van der Waals surface area (Å²) in [5.41, 5.74) is 2.28. The minimum Gasteiger partial charge on any atom is -0.497 e. The molecule has 0 saturated carbocycles. The van der Waals surface area contributed by atoms with Gasteiger partial charge in [-0.05, 0) is 68.3 Å². The lowest BCUT2D eigenvalue weighted by Gasteiger charge is -2.38. The molecule has 3 amide bonds. The molecule has 1 N–H and O–H groups in total. The third kappa shape index (κ3) is 7.46. The van der Waals surface area contributed by atoms with Gasteiger partial charge in [-0.1, -0.05) is 36.4 Å². The molecule has 3 aromatic carbocycles. The van der Waals surface area contributed by atoms with Gasteiger partial charge in [-0.2, -0.15) is 0 Å². The van der Waals surface area contributed by atoms with Crippen LogP contribution in [-0.4, -0.2) is 85.6 Å². The second-order valence-electron chi connectivity index (χ2n) is 10.8.